The largest absolute Gasteiger partial charge is 0.444 e. The first-order chi connectivity index (χ1) is 19.2. The second-order valence-corrected chi connectivity index (χ2v) is 10.8. The molecule has 0 saturated carbocycles. The van der Waals surface area contributed by atoms with E-state index < -0.39 is 5.60 Å². The van der Waals surface area contributed by atoms with Gasteiger partial charge < -0.3 is 19.0 Å². The Hall–Kier alpha value is -4.47. The van der Waals surface area contributed by atoms with Crippen LogP contribution in [0.1, 0.15) is 61.6 Å². The van der Waals surface area contributed by atoms with Crippen molar-refractivity contribution < 1.29 is 23.7 Å². The van der Waals surface area contributed by atoms with Gasteiger partial charge in [-0.05, 0) is 62.9 Å². The van der Waals surface area contributed by atoms with E-state index in [-0.39, 0.29) is 30.4 Å². The molecule has 40 heavy (non-hydrogen) atoms. The lowest BCUT2D eigenvalue weighted by atomic mass is 9.96. The van der Waals surface area contributed by atoms with Crippen molar-refractivity contribution in [2.24, 2.45) is 5.16 Å². The number of ether oxygens (including phenoxy) is 1. The molecule has 0 radical (unpaired) electrons. The summed E-state index contributed by atoms with van der Waals surface area (Å²) in [5, 5.41) is 8.26. The highest BCUT2D eigenvalue weighted by molar-refractivity contribution is 6.12. The lowest BCUT2D eigenvalue weighted by Gasteiger charge is -2.32. The molecule has 5 rings (SSSR count). The molecule has 0 N–H and O–H groups in total. The van der Waals surface area contributed by atoms with E-state index in [1.165, 1.54) is 7.11 Å². The van der Waals surface area contributed by atoms with Crippen LogP contribution in [0.3, 0.4) is 0 Å². The van der Waals surface area contributed by atoms with E-state index in [0.29, 0.717) is 48.7 Å². The average molecular weight is 544 g/mol. The van der Waals surface area contributed by atoms with E-state index in [4.69, 9.17) is 14.1 Å². The highest BCUT2D eigenvalue weighted by Gasteiger charge is 2.34. The van der Waals surface area contributed by atoms with E-state index in [1.54, 1.807) is 15.9 Å². The van der Waals surface area contributed by atoms with Crippen LogP contribution in [0.25, 0.3) is 16.8 Å². The third-order valence-electron chi connectivity index (χ3n) is 6.78. The van der Waals surface area contributed by atoms with Crippen LogP contribution in [0.15, 0.2) is 70.4 Å². The fourth-order valence-electron chi connectivity index (χ4n) is 4.80. The quantitative estimate of drug-likeness (QED) is 0.399. The summed E-state index contributed by atoms with van der Waals surface area (Å²) in [5.41, 5.74) is 3.13. The molecule has 1 fully saturated rings. The molecule has 0 atom stereocenters. The molecule has 3 heterocycles. The summed E-state index contributed by atoms with van der Waals surface area (Å²) < 4.78 is 11.1. The van der Waals surface area contributed by atoms with E-state index in [1.807, 2.05) is 75.4 Å². The smallest absolute Gasteiger partial charge is 0.410 e. The number of likely N-dealkylation sites (tertiary alicyclic amines) is 1. The van der Waals surface area contributed by atoms with Crippen LogP contribution < -0.4 is 0 Å². The van der Waals surface area contributed by atoms with Crippen LogP contribution in [0.4, 0.5) is 4.79 Å². The zero-order valence-electron chi connectivity index (χ0n) is 23.2. The number of carbonyl (C=O) groups excluding carboxylic acids is 2. The van der Waals surface area contributed by atoms with Crippen molar-refractivity contribution in [3.63, 3.8) is 0 Å². The molecule has 0 spiro atoms. The number of carbonyl (C=O) groups is 2. The molecule has 3 aromatic rings. The predicted molar refractivity (Wildman–Crippen MR) is 149 cm³/mol. The van der Waals surface area contributed by atoms with Gasteiger partial charge >= 0.3 is 6.09 Å². The summed E-state index contributed by atoms with van der Waals surface area (Å²) in [6.45, 7) is 6.86. The van der Waals surface area contributed by atoms with Gasteiger partial charge in [0.15, 0.2) is 5.82 Å². The molecular formula is C30H33N5O5. The van der Waals surface area contributed by atoms with Crippen LogP contribution >= 0.6 is 0 Å². The van der Waals surface area contributed by atoms with Crippen LogP contribution in [-0.4, -0.2) is 70.0 Å². The lowest BCUT2D eigenvalue weighted by Crippen LogP contribution is -2.41. The highest BCUT2D eigenvalue weighted by atomic mass is 16.6. The number of piperidine rings is 1. The second-order valence-electron chi connectivity index (χ2n) is 10.8. The zero-order chi connectivity index (χ0) is 28.3. The normalized spacial score (nSPS) is 17.2. The molecule has 2 aliphatic heterocycles. The van der Waals surface area contributed by atoms with Crippen LogP contribution in [0, 0.1) is 0 Å². The number of nitrogens with zero attached hydrogens (tertiary/aromatic N) is 5. The number of hydrogen-bond donors (Lipinski definition) is 0. The van der Waals surface area contributed by atoms with Gasteiger partial charge in [-0.3, -0.25) is 9.69 Å². The van der Waals surface area contributed by atoms with Crippen molar-refractivity contribution in [2.75, 3.05) is 26.7 Å². The molecule has 208 valence electrons. The van der Waals surface area contributed by atoms with Gasteiger partial charge in [-0.1, -0.05) is 52.8 Å². The molecule has 1 aromatic heterocycles. The fraction of sp³-hybridized carbons (Fsp3) is 0.367. The molecule has 0 aliphatic carbocycles. The van der Waals surface area contributed by atoms with Gasteiger partial charge in [0.05, 0.1) is 6.54 Å². The van der Waals surface area contributed by atoms with Crippen LogP contribution in [0.2, 0.25) is 0 Å². The third kappa shape index (κ3) is 6.06. The SMILES string of the molecule is CON=C1C=C(c2nc(C3CCN(C(=O)OC(C)(C)C)CC3)no2)N(C(=O)c2ccc(-c3ccccc3)cc2)C1. The van der Waals surface area contributed by atoms with Crippen molar-refractivity contribution in [3.05, 3.63) is 78.0 Å². The van der Waals surface area contributed by atoms with Crippen molar-refractivity contribution >= 4 is 23.4 Å². The standard InChI is InChI=1S/C30H33N5O5/c1-30(2,3)39-29(37)34-16-14-22(15-17-34)26-31-27(40-33-26)25-18-24(32-38-4)19-35(25)28(36)23-12-10-21(11-13-23)20-8-6-5-7-9-20/h5-13,18,22H,14-17,19H2,1-4H3. The second kappa shape index (κ2) is 11.3. The van der Waals surface area contributed by atoms with Gasteiger partial charge in [0.1, 0.15) is 24.1 Å². The Labute approximate surface area is 233 Å². The van der Waals surface area contributed by atoms with E-state index >= 15 is 0 Å². The Balaban J connectivity index is 1.30. The van der Waals surface area contributed by atoms with Gasteiger partial charge in [-0.15, -0.1) is 0 Å². The minimum atomic E-state index is -0.538. The van der Waals surface area contributed by atoms with Gasteiger partial charge in [-0.25, -0.2) is 4.79 Å². The van der Waals surface area contributed by atoms with E-state index in [0.717, 1.165) is 11.1 Å². The van der Waals surface area contributed by atoms with Crippen LogP contribution in [0.5, 0.6) is 0 Å². The van der Waals surface area contributed by atoms with Crippen molar-refractivity contribution in [2.45, 2.75) is 45.1 Å². The van der Waals surface area contributed by atoms with Crippen molar-refractivity contribution in [1.82, 2.24) is 19.9 Å². The highest BCUT2D eigenvalue weighted by Crippen LogP contribution is 2.31. The summed E-state index contributed by atoms with van der Waals surface area (Å²) in [6.07, 6.45) is 2.78. The molecule has 0 unspecified atom stereocenters. The first-order valence-electron chi connectivity index (χ1n) is 13.3. The summed E-state index contributed by atoms with van der Waals surface area (Å²) >= 11 is 0. The number of benzene rings is 2. The van der Waals surface area contributed by atoms with Gasteiger partial charge in [0.25, 0.3) is 11.8 Å². The fourth-order valence-corrected chi connectivity index (χ4v) is 4.80. The number of hydrogen-bond acceptors (Lipinski definition) is 8. The summed E-state index contributed by atoms with van der Waals surface area (Å²) in [4.78, 5) is 38.9. The topological polar surface area (TPSA) is 110 Å². The first-order valence-corrected chi connectivity index (χ1v) is 13.3. The van der Waals surface area contributed by atoms with Gasteiger partial charge in [0.2, 0.25) is 0 Å². The molecular weight excluding hydrogens is 510 g/mol. The molecule has 0 bridgehead atoms. The minimum absolute atomic E-state index is 0.0278. The summed E-state index contributed by atoms with van der Waals surface area (Å²) in [6, 6.07) is 17.5. The predicted octanol–water partition coefficient (Wildman–Crippen LogP) is 5.35. The molecule has 10 heteroatoms. The van der Waals surface area contributed by atoms with Gasteiger partial charge in [0, 0.05) is 24.6 Å². The Morgan fingerprint density at radius 2 is 1.68 bits per heavy atom. The van der Waals surface area contributed by atoms with Crippen molar-refractivity contribution in [1.29, 1.82) is 0 Å². The average Bonchev–Trinajstić information content (AvgIpc) is 3.60. The number of amides is 2. The maximum absolute atomic E-state index is 13.6. The monoisotopic (exact) mass is 543 g/mol. The van der Waals surface area contributed by atoms with E-state index in [9.17, 15) is 9.59 Å². The molecule has 2 aliphatic rings. The minimum Gasteiger partial charge on any atom is -0.444 e. The Kier molecular flexibility index (Phi) is 7.68. The Morgan fingerprint density at radius 3 is 2.33 bits per heavy atom. The van der Waals surface area contributed by atoms with Gasteiger partial charge in [-0.2, -0.15) is 4.98 Å². The molecule has 1 saturated heterocycles. The lowest BCUT2D eigenvalue weighted by molar-refractivity contribution is 0.0202. The summed E-state index contributed by atoms with van der Waals surface area (Å²) in [7, 11) is 1.46. The molecule has 2 amide bonds. The maximum Gasteiger partial charge on any atom is 0.410 e. The molecule has 10 nitrogen and oxygen atoms in total. The Morgan fingerprint density at radius 1 is 1.00 bits per heavy atom. The zero-order valence-corrected chi connectivity index (χ0v) is 23.2. The molecule has 2 aromatic carbocycles. The van der Waals surface area contributed by atoms with Crippen molar-refractivity contribution in [3.8, 4) is 11.1 Å². The third-order valence-corrected chi connectivity index (χ3v) is 6.78. The first kappa shape index (κ1) is 27.1. The number of rotatable bonds is 5. The maximum atomic E-state index is 13.6. The number of aromatic nitrogens is 2. The summed E-state index contributed by atoms with van der Waals surface area (Å²) in [5.74, 6) is 0.606. The number of oxime groups is 1. The van der Waals surface area contributed by atoms with Crippen LogP contribution in [-0.2, 0) is 9.57 Å². The Bertz CT molecular complexity index is 1410. The van der Waals surface area contributed by atoms with E-state index in [2.05, 4.69) is 15.3 Å².